The third-order valence-electron chi connectivity index (χ3n) is 5.18. The molecule has 0 radical (unpaired) electrons. The van der Waals surface area contributed by atoms with Gasteiger partial charge in [0, 0.05) is 11.0 Å². The molecule has 1 unspecified atom stereocenters. The predicted molar refractivity (Wildman–Crippen MR) is 104 cm³/mol. The Balaban J connectivity index is 2.53. The van der Waals surface area contributed by atoms with Gasteiger partial charge in [0.05, 0.1) is 0 Å². The van der Waals surface area contributed by atoms with Gasteiger partial charge in [-0.1, -0.05) is 89.4 Å². The molecule has 2 rings (SSSR count). The van der Waals surface area contributed by atoms with Crippen LogP contribution in [0.15, 0.2) is 48.5 Å². The highest BCUT2D eigenvalue weighted by molar-refractivity contribution is 5.51. The van der Waals surface area contributed by atoms with E-state index >= 15 is 0 Å². The van der Waals surface area contributed by atoms with Crippen molar-refractivity contribution in [3.63, 3.8) is 0 Å². The molecular weight excluding hydrogens is 292 g/mol. The van der Waals surface area contributed by atoms with Crippen LogP contribution in [0.3, 0.4) is 0 Å². The lowest BCUT2D eigenvalue weighted by Crippen LogP contribution is -2.22. The number of phenols is 1. The number of hydrogen-bond donors (Lipinski definition) is 1. The van der Waals surface area contributed by atoms with Crippen molar-refractivity contribution >= 4 is 0 Å². The van der Waals surface area contributed by atoms with Crippen LogP contribution in [-0.2, 0) is 5.41 Å². The fourth-order valence-electron chi connectivity index (χ4n) is 3.83. The highest BCUT2D eigenvalue weighted by Gasteiger charge is 2.30. The van der Waals surface area contributed by atoms with Gasteiger partial charge in [-0.25, -0.2) is 0 Å². The second-order valence-corrected chi connectivity index (χ2v) is 7.36. The molecule has 0 aliphatic rings. The van der Waals surface area contributed by atoms with Gasteiger partial charge >= 0.3 is 0 Å². The van der Waals surface area contributed by atoms with Crippen molar-refractivity contribution in [2.75, 3.05) is 0 Å². The fourth-order valence-corrected chi connectivity index (χ4v) is 3.83. The normalized spacial score (nSPS) is 13.0. The van der Waals surface area contributed by atoms with Gasteiger partial charge in [0.15, 0.2) is 0 Å². The summed E-state index contributed by atoms with van der Waals surface area (Å²) in [5.41, 5.74) is 3.48. The van der Waals surface area contributed by atoms with Crippen molar-refractivity contribution in [2.24, 2.45) is 0 Å². The van der Waals surface area contributed by atoms with E-state index in [-0.39, 0.29) is 5.41 Å². The van der Waals surface area contributed by atoms with Gasteiger partial charge in [-0.05, 0) is 36.0 Å². The summed E-state index contributed by atoms with van der Waals surface area (Å²) in [6.07, 6.45) is 6.02. The molecule has 0 bridgehead atoms. The minimum absolute atomic E-state index is 0.208. The molecule has 0 aliphatic carbocycles. The summed E-state index contributed by atoms with van der Waals surface area (Å²) in [4.78, 5) is 0. The summed E-state index contributed by atoms with van der Waals surface area (Å²) in [5, 5.41) is 10.7. The van der Waals surface area contributed by atoms with E-state index in [4.69, 9.17) is 0 Å². The van der Waals surface area contributed by atoms with Crippen LogP contribution < -0.4 is 0 Å². The third-order valence-corrected chi connectivity index (χ3v) is 5.18. The number of aromatic hydroxyl groups is 1. The molecule has 0 heterocycles. The fraction of sp³-hybridized carbons (Fsp3) is 0.478. The van der Waals surface area contributed by atoms with E-state index < -0.39 is 0 Å². The van der Waals surface area contributed by atoms with Crippen molar-refractivity contribution in [1.29, 1.82) is 0 Å². The molecule has 130 valence electrons. The Morgan fingerprint density at radius 3 is 2.21 bits per heavy atom. The summed E-state index contributed by atoms with van der Waals surface area (Å²) in [7, 11) is 0. The molecule has 2 aromatic rings. The Morgan fingerprint density at radius 1 is 0.875 bits per heavy atom. The number of benzene rings is 2. The van der Waals surface area contributed by atoms with Crippen LogP contribution in [0.4, 0.5) is 0 Å². The lowest BCUT2D eigenvalue weighted by atomic mass is 9.72. The molecule has 0 spiro atoms. The Morgan fingerprint density at radius 2 is 1.58 bits per heavy atom. The van der Waals surface area contributed by atoms with Crippen molar-refractivity contribution < 1.29 is 5.11 Å². The first-order valence-corrected chi connectivity index (χ1v) is 9.40. The van der Waals surface area contributed by atoms with Crippen LogP contribution in [0.5, 0.6) is 5.75 Å². The Bertz CT molecular complexity index is 628. The molecular formula is C23H32O. The molecule has 1 N–H and O–H groups in total. The number of rotatable bonds is 8. The van der Waals surface area contributed by atoms with Crippen LogP contribution >= 0.6 is 0 Å². The van der Waals surface area contributed by atoms with Crippen molar-refractivity contribution in [3.05, 3.63) is 65.2 Å². The average Bonchev–Trinajstić information content (AvgIpc) is 2.59. The van der Waals surface area contributed by atoms with Crippen LogP contribution in [0.25, 0.3) is 0 Å². The van der Waals surface area contributed by atoms with Gasteiger partial charge in [-0.3, -0.25) is 0 Å². The average molecular weight is 325 g/mol. The quantitative estimate of drug-likeness (QED) is 0.566. The topological polar surface area (TPSA) is 20.2 Å². The molecule has 1 nitrogen and oxygen atoms in total. The summed E-state index contributed by atoms with van der Waals surface area (Å²) < 4.78 is 0. The molecule has 1 heteroatoms. The van der Waals surface area contributed by atoms with Gasteiger partial charge in [-0.2, -0.15) is 0 Å². The molecule has 0 saturated heterocycles. The highest BCUT2D eigenvalue weighted by Crippen LogP contribution is 2.43. The van der Waals surface area contributed by atoms with Crippen LogP contribution in [0, 0.1) is 0 Å². The van der Waals surface area contributed by atoms with E-state index in [1.54, 1.807) is 0 Å². The summed E-state index contributed by atoms with van der Waals surface area (Å²) in [6, 6.07) is 16.6. The molecule has 2 aromatic carbocycles. The molecule has 0 aromatic heterocycles. The molecule has 0 fully saturated rings. The van der Waals surface area contributed by atoms with Crippen molar-refractivity contribution in [3.8, 4) is 5.75 Å². The monoisotopic (exact) mass is 324 g/mol. The van der Waals surface area contributed by atoms with E-state index in [0.29, 0.717) is 11.7 Å². The maximum Gasteiger partial charge on any atom is 0.119 e. The first-order chi connectivity index (χ1) is 11.5. The van der Waals surface area contributed by atoms with E-state index in [1.807, 2.05) is 18.2 Å². The van der Waals surface area contributed by atoms with Gasteiger partial charge in [0.25, 0.3) is 0 Å². The maximum absolute atomic E-state index is 10.7. The summed E-state index contributed by atoms with van der Waals surface area (Å²) in [6.45, 7) is 8.96. The molecule has 0 amide bonds. The zero-order chi connectivity index (χ0) is 17.6. The van der Waals surface area contributed by atoms with Gasteiger partial charge < -0.3 is 5.11 Å². The second-order valence-electron chi connectivity index (χ2n) is 7.36. The first-order valence-electron chi connectivity index (χ1n) is 9.40. The van der Waals surface area contributed by atoms with Gasteiger partial charge in [0.1, 0.15) is 5.75 Å². The molecule has 1 atom stereocenters. The van der Waals surface area contributed by atoms with Gasteiger partial charge in [-0.15, -0.1) is 0 Å². The standard InChI is InChI=1S/C23H32O/c1-5-7-13-18(12-6-2)20-16-11-17-21(24)22(20)23(3,4)19-14-9-8-10-15-19/h8-11,14-18,24H,5-7,12-13H2,1-4H3. The van der Waals surface area contributed by atoms with Gasteiger partial charge in [0.2, 0.25) is 0 Å². The highest BCUT2D eigenvalue weighted by atomic mass is 16.3. The Hall–Kier alpha value is -1.76. The summed E-state index contributed by atoms with van der Waals surface area (Å²) in [5.74, 6) is 0.957. The number of unbranched alkanes of at least 4 members (excludes halogenated alkanes) is 1. The molecule has 24 heavy (non-hydrogen) atoms. The number of hydrogen-bond acceptors (Lipinski definition) is 1. The molecule has 0 aliphatic heterocycles. The lowest BCUT2D eigenvalue weighted by Gasteiger charge is -2.32. The van der Waals surface area contributed by atoms with E-state index in [9.17, 15) is 5.11 Å². The predicted octanol–water partition coefficient (Wildman–Crippen LogP) is 6.79. The second kappa shape index (κ2) is 8.37. The Labute approximate surface area is 147 Å². The largest absolute Gasteiger partial charge is 0.508 e. The third kappa shape index (κ3) is 4.01. The molecule has 0 saturated carbocycles. The van der Waals surface area contributed by atoms with E-state index in [0.717, 1.165) is 5.56 Å². The summed E-state index contributed by atoms with van der Waals surface area (Å²) >= 11 is 0. The lowest BCUT2D eigenvalue weighted by molar-refractivity contribution is 0.444. The zero-order valence-electron chi connectivity index (χ0n) is 15.7. The number of phenolic OH excluding ortho intramolecular Hbond substituents is 1. The zero-order valence-corrected chi connectivity index (χ0v) is 15.7. The van der Waals surface area contributed by atoms with Crippen LogP contribution in [-0.4, -0.2) is 5.11 Å². The van der Waals surface area contributed by atoms with Crippen LogP contribution in [0.1, 0.15) is 82.4 Å². The van der Waals surface area contributed by atoms with Crippen LogP contribution in [0.2, 0.25) is 0 Å². The first kappa shape index (κ1) is 18.6. The SMILES string of the molecule is CCCCC(CCC)c1cccc(O)c1C(C)(C)c1ccccc1. The smallest absolute Gasteiger partial charge is 0.119 e. The van der Waals surface area contributed by atoms with Crippen molar-refractivity contribution in [1.82, 2.24) is 0 Å². The minimum Gasteiger partial charge on any atom is -0.508 e. The van der Waals surface area contributed by atoms with E-state index in [1.165, 1.54) is 43.2 Å². The van der Waals surface area contributed by atoms with Crippen molar-refractivity contribution in [2.45, 2.75) is 71.1 Å². The Kier molecular flexibility index (Phi) is 6.48. The minimum atomic E-state index is -0.208. The van der Waals surface area contributed by atoms with E-state index in [2.05, 4.69) is 58.0 Å². The maximum atomic E-state index is 10.7.